The first-order valence-corrected chi connectivity index (χ1v) is 10.4. The lowest BCUT2D eigenvalue weighted by molar-refractivity contribution is 0.0773. The number of carbonyl (C=O) groups is 2. The van der Waals surface area contributed by atoms with Crippen molar-refractivity contribution in [3.8, 4) is 11.5 Å². The Hall–Kier alpha value is -2.25. The second-order valence-corrected chi connectivity index (χ2v) is 7.31. The minimum atomic E-state index is -0.342. The number of nitrogens with zero attached hydrogens (tertiary/aromatic N) is 1. The van der Waals surface area contributed by atoms with E-state index in [9.17, 15) is 9.59 Å². The Kier molecular flexibility index (Phi) is 8.34. The van der Waals surface area contributed by atoms with E-state index in [4.69, 9.17) is 21.1 Å². The van der Waals surface area contributed by atoms with E-state index in [0.29, 0.717) is 52.5 Å². The Morgan fingerprint density at radius 3 is 2.38 bits per heavy atom. The number of hydrogen-bond acceptors (Lipinski definition) is 4. The van der Waals surface area contributed by atoms with Gasteiger partial charge in [0.05, 0.1) is 28.8 Å². The molecule has 0 unspecified atom stereocenters. The van der Waals surface area contributed by atoms with Gasteiger partial charge in [-0.3, -0.25) is 9.59 Å². The van der Waals surface area contributed by atoms with Crippen LogP contribution in [-0.2, 0) is 0 Å². The van der Waals surface area contributed by atoms with Crippen LogP contribution < -0.4 is 14.8 Å². The van der Waals surface area contributed by atoms with Crippen LogP contribution in [0.25, 0.3) is 0 Å². The molecule has 0 spiro atoms. The highest BCUT2D eigenvalue weighted by Gasteiger charge is 2.18. The Balaban J connectivity index is 2.24. The molecule has 2 amide bonds. The van der Waals surface area contributed by atoms with Crippen LogP contribution in [0.15, 0.2) is 34.8 Å². The summed E-state index contributed by atoms with van der Waals surface area (Å²) >= 11 is 9.71. The maximum atomic E-state index is 12.7. The quantitative estimate of drug-likeness (QED) is 0.557. The molecule has 0 aliphatic rings. The van der Waals surface area contributed by atoms with Crippen molar-refractivity contribution < 1.29 is 19.1 Å². The lowest BCUT2D eigenvalue weighted by Gasteiger charge is -2.19. The number of hydrogen-bond donors (Lipinski definition) is 1. The minimum Gasteiger partial charge on any atom is -0.493 e. The molecule has 29 heavy (non-hydrogen) atoms. The largest absolute Gasteiger partial charge is 0.493 e. The molecular formula is C21H24BrClN2O4. The summed E-state index contributed by atoms with van der Waals surface area (Å²) < 4.78 is 11.5. The van der Waals surface area contributed by atoms with E-state index in [2.05, 4.69) is 21.2 Å². The fourth-order valence-electron chi connectivity index (χ4n) is 2.79. The van der Waals surface area contributed by atoms with Gasteiger partial charge in [-0.05, 0) is 67.0 Å². The van der Waals surface area contributed by atoms with Crippen molar-refractivity contribution in [1.82, 2.24) is 4.90 Å². The molecule has 2 aromatic carbocycles. The van der Waals surface area contributed by atoms with Crippen molar-refractivity contribution in [2.24, 2.45) is 0 Å². The molecule has 0 radical (unpaired) electrons. The molecule has 156 valence electrons. The van der Waals surface area contributed by atoms with E-state index in [-0.39, 0.29) is 16.8 Å². The molecule has 1 N–H and O–H groups in total. The number of anilines is 1. The van der Waals surface area contributed by atoms with Crippen molar-refractivity contribution in [2.75, 3.05) is 32.1 Å². The molecule has 0 fully saturated rings. The summed E-state index contributed by atoms with van der Waals surface area (Å²) in [5.41, 5.74) is 1.27. The molecule has 8 heteroatoms. The average molecular weight is 484 g/mol. The lowest BCUT2D eigenvalue weighted by atomic mass is 10.1. The van der Waals surface area contributed by atoms with E-state index in [0.717, 1.165) is 0 Å². The summed E-state index contributed by atoms with van der Waals surface area (Å²) in [5, 5.41) is 3.07. The van der Waals surface area contributed by atoms with Crippen LogP contribution in [-0.4, -0.2) is 43.5 Å². The standard InChI is InChI=1S/C21H24BrClN2O4/c1-5-25(6-2)21(27)15-9-8-14(12-17(15)23)24-20(26)13-10-16(22)19(29-7-3)18(11-13)28-4/h8-12H,5-7H2,1-4H3,(H,24,26). The second-order valence-electron chi connectivity index (χ2n) is 6.05. The van der Waals surface area contributed by atoms with Crippen molar-refractivity contribution in [3.63, 3.8) is 0 Å². The zero-order valence-electron chi connectivity index (χ0n) is 16.8. The number of carbonyl (C=O) groups excluding carboxylic acids is 2. The summed E-state index contributed by atoms with van der Waals surface area (Å²) in [7, 11) is 1.51. The topological polar surface area (TPSA) is 67.9 Å². The van der Waals surface area contributed by atoms with Gasteiger partial charge in [-0.25, -0.2) is 0 Å². The van der Waals surface area contributed by atoms with Gasteiger partial charge >= 0.3 is 0 Å². The second kappa shape index (κ2) is 10.5. The first-order chi connectivity index (χ1) is 13.9. The van der Waals surface area contributed by atoms with Crippen LogP contribution in [0.2, 0.25) is 5.02 Å². The van der Waals surface area contributed by atoms with Crippen LogP contribution in [0.4, 0.5) is 5.69 Å². The number of halogens is 2. The van der Waals surface area contributed by atoms with Gasteiger partial charge in [0.2, 0.25) is 0 Å². The summed E-state index contributed by atoms with van der Waals surface area (Å²) in [4.78, 5) is 26.9. The maximum Gasteiger partial charge on any atom is 0.255 e. The third kappa shape index (κ3) is 5.42. The van der Waals surface area contributed by atoms with Gasteiger partial charge in [0, 0.05) is 24.3 Å². The van der Waals surface area contributed by atoms with Crippen LogP contribution in [0.1, 0.15) is 41.5 Å². The highest BCUT2D eigenvalue weighted by Crippen LogP contribution is 2.37. The van der Waals surface area contributed by atoms with Gasteiger partial charge in [-0.2, -0.15) is 0 Å². The molecule has 2 aromatic rings. The van der Waals surface area contributed by atoms with Crippen LogP contribution in [0, 0.1) is 0 Å². The Morgan fingerprint density at radius 1 is 1.14 bits per heavy atom. The SMILES string of the molecule is CCOc1c(Br)cc(C(=O)Nc2ccc(C(=O)N(CC)CC)c(Cl)c2)cc1OC. The Labute approximate surface area is 184 Å². The van der Waals surface area contributed by atoms with Gasteiger partial charge in [0.15, 0.2) is 11.5 Å². The number of amides is 2. The van der Waals surface area contributed by atoms with E-state index in [1.807, 2.05) is 20.8 Å². The Morgan fingerprint density at radius 2 is 1.83 bits per heavy atom. The molecule has 0 aliphatic carbocycles. The van der Waals surface area contributed by atoms with E-state index in [1.165, 1.54) is 7.11 Å². The van der Waals surface area contributed by atoms with Gasteiger partial charge in [0.1, 0.15) is 0 Å². The number of nitrogens with one attached hydrogen (secondary N) is 1. The van der Waals surface area contributed by atoms with Crippen molar-refractivity contribution in [2.45, 2.75) is 20.8 Å². The molecule has 6 nitrogen and oxygen atoms in total. The fraction of sp³-hybridized carbons (Fsp3) is 0.333. The highest BCUT2D eigenvalue weighted by molar-refractivity contribution is 9.10. The molecule has 0 saturated heterocycles. The van der Waals surface area contributed by atoms with Crippen LogP contribution in [0.3, 0.4) is 0 Å². The van der Waals surface area contributed by atoms with Gasteiger partial charge < -0.3 is 19.7 Å². The monoisotopic (exact) mass is 482 g/mol. The average Bonchev–Trinajstić information content (AvgIpc) is 2.70. The molecule has 0 saturated carbocycles. The maximum absolute atomic E-state index is 12.7. The zero-order valence-corrected chi connectivity index (χ0v) is 19.2. The molecule has 0 aromatic heterocycles. The van der Waals surface area contributed by atoms with Crippen molar-refractivity contribution in [1.29, 1.82) is 0 Å². The predicted octanol–water partition coefficient (Wildman–Crippen LogP) is 5.24. The highest BCUT2D eigenvalue weighted by atomic mass is 79.9. The van der Waals surface area contributed by atoms with Crippen molar-refractivity contribution >= 4 is 45.0 Å². The van der Waals surface area contributed by atoms with E-state index >= 15 is 0 Å². The summed E-state index contributed by atoms with van der Waals surface area (Å²) in [5.74, 6) is 0.502. The first kappa shape index (κ1) is 23.0. The third-order valence-corrected chi connectivity index (χ3v) is 5.19. The molecule has 2 rings (SSSR count). The predicted molar refractivity (Wildman–Crippen MR) is 119 cm³/mol. The van der Waals surface area contributed by atoms with E-state index in [1.54, 1.807) is 35.2 Å². The van der Waals surface area contributed by atoms with Gasteiger partial charge in [-0.1, -0.05) is 11.6 Å². The molecular weight excluding hydrogens is 460 g/mol. The molecule has 0 heterocycles. The fourth-order valence-corrected chi connectivity index (χ4v) is 3.60. The van der Waals surface area contributed by atoms with Gasteiger partial charge in [0.25, 0.3) is 11.8 Å². The summed E-state index contributed by atoms with van der Waals surface area (Å²) in [6.07, 6.45) is 0. The van der Waals surface area contributed by atoms with Crippen molar-refractivity contribution in [3.05, 3.63) is 51.0 Å². The first-order valence-electron chi connectivity index (χ1n) is 9.26. The molecule has 0 aliphatic heterocycles. The van der Waals surface area contributed by atoms with Crippen LogP contribution >= 0.6 is 27.5 Å². The van der Waals surface area contributed by atoms with Crippen LogP contribution in [0.5, 0.6) is 11.5 Å². The number of ether oxygens (including phenoxy) is 2. The van der Waals surface area contributed by atoms with E-state index < -0.39 is 0 Å². The smallest absolute Gasteiger partial charge is 0.255 e. The third-order valence-electron chi connectivity index (χ3n) is 4.29. The molecule has 0 bridgehead atoms. The lowest BCUT2D eigenvalue weighted by Crippen LogP contribution is -2.30. The normalized spacial score (nSPS) is 10.4. The Bertz CT molecular complexity index is 900. The van der Waals surface area contributed by atoms with Gasteiger partial charge in [-0.15, -0.1) is 0 Å². The number of methoxy groups -OCH3 is 1. The molecule has 0 atom stereocenters. The number of rotatable bonds is 8. The number of benzene rings is 2. The zero-order chi connectivity index (χ0) is 21.6. The minimum absolute atomic E-state index is 0.141. The summed E-state index contributed by atoms with van der Waals surface area (Å²) in [6, 6.07) is 8.10. The summed E-state index contributed by atoms with van der Waals surface area (Å²) in [6.45, 7) is 7.35.